The molecule has 0 aliphatic carbocycles. The molecule has 0 aliphatic heterocycles. The van der Waals surface area contributed by atoms with Crippen LogP contribution in [0.1, 0.15) is 32.8 Å². The minimum atomic E-state index is -3.83. The van der Waals surface area contributed by atoms with Crippen LogP contribution in [0.25, 0.3) is 12.2 Å². The third-order valence-corrected chi connectivity index (χ3v) is 9.61. The predicted molar refractivity (Wildman–Crippen MR) is 164 cm³/mol. The fraction of sp³-hybridized carbons (Fsp3) is 0.0667. The number of hydrogen-bond acceptors (Lipinski definition) is 2. The van der Waals surface area contributed by atoms with E-state index < -0.39 is 20.3 Å². The van der Waals surface area contributed by atoms with E-state index in [9.17, 15) is 8.42 Å². The first kappa shape index (κ1) is 27.9. The van der Waals surface area contributed by atoms with Gasteiger partial charge in [0.1, 0.15) is 10.5 Å². The lowest BCUT2D eigenvalue weighted by Gasteiger charge is -2.22. The van der Waals surface area contributed by atoms with E-state index in [2.05, 4.69) is 31.9 Å². The highest BCUT2D eigenvalue weighted by Gasteiger charge is 2.33. The van der Waals surface area contributed by atoms with Crippen LogP contribution in [0.4, 0.5) is 0 Å². The second kappa shape index (κ2) is 12.6. The van der Waals surface area contributed by atoms with Gasteiger partial charge < -0.3 is 0 Å². The smallest absolute Gasteiger partial charge is 0.171 e. The van der Waals surface area contributed by atoms with Crippen LogP contribution < -0.4 is 0 Å². The van der Waals surface area contributed by atoms with Gasteiger partial charge in [0.2, 0.25) is 0 Å². The molecule has 0 radical (unpaired) electrons. The molecule has 0 heterocycles. The van der Waals surface area contributed by atoms with Gasteiger partial charge in [-0.1, -0.05) is 128 Å². The molecule has 188 valence electrons. The van der Waals surface area contributed by atoms with Crippen LogP contribution in [-0.4, -0.2) is 8.42 Å². The maximum absolute atomic E-state index is 14.4. The highest BCUT2D eigenvalue weighted by atomic mass is 79.9. The highest BCUT2D eigenvalue weighted by Crippen LogP contribution is 2.38. The lowest BCUT2D eigenvalue weighted by atomic mass is 10.1. The Morgan fingerprint density at radius 2 is 0.865 bits per heavy atom. The van der Waals surface area contributed by atoms with Crippen LogP contribution in [0.5, 0.6) is 0 Å². The summed E-state index contributed by atoms with van der Waals surface area (Å²) in [5.41, 5.74) is 3.05. The SMILES string of the molecule is O=S(=O)(C(/C=C\c1ccc(Br)cc1)c1ccc(Cl)cc1)C(/C=C\c1ccc(Br)cc1)c1ccc(Cl)cc1. The van der Waals surface area contributed by atoms with Crippen LogP contribution in [-0.2, 0) is 9.84 Å². The standard InChI is InChI=1S/C30H22Br2Cl2O2S/c31-25-11-1-21(2-12-25)5-19-29(23-7-15-27(33)16-8-23)37(35,36)30(24-9-17-28(34)18-10-24)20-6-22-3-13-26(32)14-4-22/h1-20,29-30H/b19-5-,20-6-. The van der Waals surface area contributed by atoms with Crippen LogP contribution in [0.2, 0.25) is 10.0 Å². The molecule has 2 nitrogen and oxygen atoms in total. The van der Waals surface area contributed by atoms with Gasteiger partial charge in [-0.3, -0.25) is 0 Å². The molecule has 4 rings (SSSR count). The molecule has 0 N–H and O–H groups in total. The Morgan fingerprint density at radius 3 is 1.19 bits per heavy atom. The molecule has 0 saturated carbocycles. The molecule has 0 aliphatic rings. The van der Waals surface area contributed by atoms with Crippen LogP contribution >= 0.6 is 55.1 Å². The summed E-state index contributed by atoms with van der Waals surface area (Å²) in [6.07, 6.45) is 7.14. The molecular formula is C30H22Br2Cl2O2S. The van der Waals surface area contributed by atoms with Crippen LogP contribution in [0, 0.1) is 0 Å². The molecule has 37 heavy (non-hydrogen) atoms. The first-order valence-corrected chi connectivity index (χ1v) is 15.3. The molecule has 4 aromatic rings. The Bertz CT molecular complexity index is 1390. The maximum atomic E-state index is 14.4. The van der Waals surface area contributed by atoms with Crippen LogP contribution in [0.3, 0.4) is 0 Å². The zero-order chi connectivity index (χ0) is 26.4. The van der Waals surface area contributed by atoms with Gasteiger partial charge in [-0.15, -0.1) is 0 Å². The summed E-state index contributed by atoms with van der Waals surface area (Å²) in [5, 5.41) is -0.741. The van der Waals surface area contributed by atoms with Gasteiger partial charge in [-0.2, -0.15) is 0 Å². The molecule has 2 atom stereocenters. The number of sulfone groups is 1. The van der Waals surface area contributed by atoms with E-state index in [1.54, 1.807) is 60.7 Å². The Morgan fingerprint density at radius 1 is 0.541 bits per heavy atom. The summed E-state index contributed by atoms with van der Waals surface area (Å²) in [7, 11) is -3.83. The summed E-state index contributed by atoms with van der Waals surface area (Å²) < 4.78 is 30.6. The highest BCUT2D eigenvalue weighted by molar-refractivity contribution is 9.10. The average Bonchev–Trinajstić information content (AvgIpc) is 2.88. The second-order valence-electron chi connectivity index (χ2n) is 8.35. The second-order valence-corrected chi connectivity index (χ2v) is 13.3. The van der Waals surface area contributed by atoms with Crippen molar-refractivity contribution < 1.29 is 8.42 Å². The van der Waals surface area contributed by atoms with Crippen molar-refractivity contribution in [2.75, 3.05) is 0 Å². The van der Waals surface area contributed by atoms with Gasteiger partial charge in [0.25, 0.3) is 0 Å². The van der Waals surface area contributed by atoms with Crippen molar-refractivity contribution in [3.63, 3.8) is 0 Å². The third kappa shape index (κ3) is 7.46. The Hall–Kier alpha value is -2.15. The summed E-state index contributed by atoms with van der Waals surface area (Å²) in [6, 6.07) is 29.3. The van der Waals surface area contributed by atoms with Crippen molar-refractivity contribution in [3.05, 3.63) is 150 Å². The number of rotatable bonds is 8. The van der Waals surface area contributed by atoms with Crippen molar-refractivity contribution in [3.8, 4) is 0 Å². The van der Waals surface area contributed by atoms with Crippen molar-refractivity contribution in [2.24, 2.45) is 0 Å². The molecule has 4 aromatic carbocycles. The van der Waals surface area contributed by atoms with E-state index in [1.165, 1.54) is 0 Å². The lowest BCUT2D eigenvalue weighted by Crippen LogP contribution is -2.19. The molecule has 2 unspecified atom stereocenters. The van der Waals surface area contributed by atoms with E-state index in [0.29, 0.717) is 21.2 Å². The van der Waals surface area contributed by atoms with Gasteiger partial charge in [0.05, 0.1) is 0 Å². The summed E-state index contributed by atoms with van der Waals surface area (Å²) >= 11 is 19.1. The molecule has 0 saturated heterocycles. The molecule has 0 spiro atoms. The maximum Gasteiger partial charge on any atom is 0.171 e. The zero-order valence-corrected chi connectivity index (χ0v) is 24.9. The molecule has 0 amide bonds. The number of benzene rings is 4. The van der Waals surface area contributed by atoms with Gasteiger partial charge in [-0.25, -0.2) is 8.42 Å². The predicted octanol–water partition coefficient (Wildman–Crippen LogP) is 10.1. The van der Waals surface area contributed by atoms with Gasteiger partial charge in [-0.05, 0) is 70.8 Å². The van der Waals surface area contributed by atoms with E-state index in [1.807, 2.05) is 60.7 Å². The van der Waals surface area contributed by atoms with Gasteiger partial charge in [0, 0.05) is 19.0 Å². The summed E-state index contributed by atoms with van der Waals surface area (Å²) in [4.78, 5) is 0. The minimum absolute atomic E-state index is 0.543. The first-order valence-electron chi connectivity index (χ1n) is 11.3. The molecule has 0 bridgehead atoms. The number of halogens is 4. The molecular weight excluding hydrogens is 655 g/mol. The monoisotopic (exact) mass is 674 g/mol. The fourth-order valence-corrected chi connectivity index (χ4v) is 6.59. The van der Waals surface area contributed by atoms with Crippen LogP contribution in [0.15, 0.2) is 118 Å². The van der Waals surface area contributed by atoms with Crippen molar-refractivity contribution in [2.45, 2.75) is 10.5 Å². The largest absolute Gasteiger partial charge is 0.227 e. The Kier molecular flexibility index (Phi) is 9.49. The topological polar surface area (TPSA) is 34.1 Å². The third-order valence-electron chi connectivity index (χ3n) is 5.77. The average molecular weight is 677 g/mol. The fourth-order valence-electron chi connectivity index (χ4n) is 3.83. The Balaban J connectivity index is 1.81. The minimum Gasteiger partial charge on any atom is -0.227 e. The van der Waals surface area contributed by atoms with Gasteiger partial charge >= 0.3 is 0 Å². The van der Waals surface area contributed by atoms with E-state index in [-0.39, 0.29) is 0 Å². The van der Waals surface area contributed by atoms with Crippen molar-refractivity contribution in [1.29, 1.82) is 0 Å². The lowest BCUT2D eigenvalue weighted by molar-refractivity contribution is 0.584. The Labute approximate surface area is 244 Å². The number of hydrogen-bond donors (Lipinski definition) is 0. The van der Waals surface area contributed by atoms with Crippen molar-refractivity contribution in [1.82, 2.24) is 0 Å². The first-order chi connectivity index (χ1) is 17.7. The molecule has 0 aromatic heterocycles. The summed E-state index contributed by atoms with van der Waals surface area (Å²) in [6.45, 7) is 0. The zero-order valence-electron chi connectivity index (χ0n) is 19.4. The molecule has 7 heteroatoms. The normalized spacial score (nSPS) is 13.7. The van der Waals surface area contributed by atoms with Gasteiger partial charge in [0.15, 0.2) is 9.84 Å². The van der Waals surface area contributed by atoms with Crippen molar-refractivity contribution >= 4 is 77.1 Å². The molecule has 0 fully saturated rings. The van der Waals surface area contributed by atoms with E-state index in [4.69, 9.17) is 23.2 Å². The summed E-state index contributed by atoms with van der Waals surface area (Å²) in [5.74, 6) is 0. The van der Waals surface area contributed by atoms with E-state index in [0.717, 1.165) is 20.1 Å². The quantitative estimate of drug-likeness (QED) is 0.186. The van der Waals surface area contributed by atoms with E-state index >= 15 is 0 Å².